The Morgan fingerprint density at radius 2 is 1.72 bits per heavy atom. The van der Waals surface area contributed by atoms with Crippen LogP contribution in [0, 0.1) is 6.92 Å². The lowest BCUT2D eigenvalue weighted by Gasteiger charge is -2.29. The van der Waals surface area contributed by atoms with Crippen LogP contribution < -0.4 is 10.6 Å². The van der Waals surface area contributed by atoms with Gasteiger partial charge in [0.1, 0.15) is 0 Å². The minimum absolute atomic E-state index is 0.860. The van der Waals surface area contributed by atoms with Crippen LogP contribution in [0.25, 0.3) is 0 Å². The van der Waals surface area contributed by atoms with Gasteiger partial charge in [-0.1, -0.05) is 38.1 Å². The molecule has 0 aliphatic heterocycles. The first-order valence-corrected chi connectivity index (χ1v) is 6.51. The summed E-state index contributed by atoms with van der Waals surface area (Å²) in [7, 11) is 0. The molecule has 0 saturated carbocycles. The lowest BCUT2D eigenvalue weighted by atomic mass is 10.1. The average molecular weight is 244 g/mol. The van der Waals surface area contributed by atoms with Gasteiger partial charge in [0.2, 0.25) is 0 Å². The third-order valence-corrected chi connectivity index (χ3v) is 3.03. The van der Waals surface area contributed by atoms with Crippen LogP contribution in [0.4, 0.5) is 5.69 Å². The van der Waals surface area contributed by atoms with E-state index < -0.39 is 0 Å². The van der Waals surface area contributed by atoms with Crippen LogP contribution in [0.2, 0.25) is 0 Å². The second-order valence-corrected chi connectivity index (χ2v) is 4.59. The van der Waals surface area contributed by atoms with Gasteiger partial charge >= 0.3 is 0 Å². The van der Waals surface area contributed by atoms with Gasteiger partial charge in [-0.2, -0.15) is 0 Å². The molecule has 0 aromatic heterocycles. The standard InChI is InChI=1S/C16H24N2/c1-6-15(17)16(7-2)18(12(3)4)14-10-8-13(5)9-11-14/h8-11H,3,6-7,17H2,1-2,4-5H3/b16-15-. The zero-order chi connectivity index (χ0) is 13.7. The molecular weight excluding hydrogens is 220 g/mol. The van der Waals surface area contributed by atoms with E-state index in [1.54, 1.807) is 0 Å². The van der Waals surface area contributed by atoms with Crippen molar-refractivity contribution < 1.29 is 0 Å². The van der Waals surface area contributed by atoms with E-state index in [1.165, 1.54) is 5.56 Å². The molecule has 0 heterocycles. The molecule has 0 amide bonds. The molecule has 18 heavy (non-hydrogen) atoms. The van der Waals surface area contributed by atoms with Gasteiger partial charge in [0.15, 0.2) is 0 Å². The van der Waals surface area contributed by atoms with E-state index in [1.807, 2.05) is 6.92 Å². The van der Waals surface area contributed by atoms with Crippen molar-refractivity contribution in [3.8, 4) is 0 Å². The summed E-state index contributed by atoms with van der Waals surface area (Å²) in [5.41, 5.74) is 11.6. The lowest BCUT2D eigenvalue weighted by Crippen LogP contribution is -2.23. The molecule has 2 N–H and O–H groups in total. The monoisotopic (exact) mass is 244 g/mol. The fourth-order valence-corrected chi connectivity index (χ4v) is 2.03. The van der Waals surface area contributed by atoms with Crippen molar-refractivity contribution in [2.45, 2.75) is 40.5 Å². The van der Waals surface area contributed by atoms with Gasteiger partial charge in [0.25, 0.3) is 0 Å². The van der Waals surface area contributed by atoms with Crippen molar-refractivity contribution in [1.29, 1.82) is 0 Å². The fraction of sp³-hybridized carbons (Fsp3) is 0.375. The fourth-order valence-electron chi connectivity index (χ4n) is 2.03. The SMILES string of the molecule is C=C(C)N(/C(CC)=C(\N)CC)c1ccc(C)cc1. The van der Waals surface area contributed by atoms with Gasteiger partial charge in [-0.05, 0) is 38.8 Å². The van der Waals surface area contributed by atoms with Gasteiger partial charge in [-0.15, -0.1) is 0 Å². The highest BCUT2D eigenvalue weighted by molar-refractivity contribution is 5.58. The maximum absolute atomic E-state index is 6.13. The molecule has 0 spiro atoms. The minimum Gasteiger partial charge on any atom is -0.401 e. The molecule has 1 rings (SSSR count). The predicted molar refractivity (Wildman–Crippen MR) is 80.3 cm³/mol. The number of nitrogens with two attached hydrogens (primary N) is 1. The van der Waals surface area contributed by atoms with Crippen LogP contribution in [0.3, 0.4) is 0 Å². The third-order valence-electron chi connectivity index (χ3n) is 3.03. The highest BCUT2D eigenvalue weighted by Gasteiger charge is 2.14. The molecule has 0 saturated heterocycles. The second-order valence-electron chi connectivity index (χ2n) is 4.59. The summed E-state index contributed by atoms with van der Waals surface area (Å²) in [6, 6.07) is 8.45. The number of nitrogens with zero attached hydrogens (tertiary/aromatic N) is 1. The van der Waals surface area contributed by atoms with Gasteiger partial charge in [0.05, 0.1) is 0 Å². The Morgan fingerprint density at radius 3 is 2.11 bits per heavy atom. The third kappa shape index (κ3) is 3.16. The Kier molecular flexibility index (Phi) is 5.02. The van der Waals surface area contributed by atoms with Crippen LogP contribution in [0.15, 0.2) is 47.9 Å². The average Bonchev–Trinajstić information content (AvgIpc) is 2.36. The zero-order valence-electron chi connectivity index (χ0n) is 12.0. The predicted octanol–water partition coefficient (Wildman–Crippen LogP) is 4.33. The highest BCUT2D eigenvalue weighted by atomic mass is 15.2. The zero-order valence-corrected chi connectivity index (χ0v) is 12.0. The largest absolute Gasteiger partial charge is 0.401 e. The Labute approximate surface area is 111 Å². The van der Waals surface area contributed by atoms with E-state index in [4.69, 9.17) is 5.73 Å². The van der Waals surface area contributed by atoms with Crippen LogP contribution in [-0.4, -0.2) is 0 Å². The molecule has 0 unspecified atom stereocenters. The molecule has 0 atom stereocenters. The van der Waals surface area contributed by atoms with Crippen LogP contribution in [0.5, 0.6) is 0 Å². The minimum atomic E-state index is 0.860. The van der Waals surface area contributed by atoms with Crippen molar-refractivity contribution in [3.05, 3.63) is 53.5 Å². The summed E-state index contributed by atoms with van der Waals surface area (Å²) >= 11 is 0. The van der Waals surface area contributed by atoms with E-state index in [0.29, 0.717) is 0 Å². The molecule has 1 aromatic carbocycles. The molecule has 98 valence electrons. The number of benzene rings is 1. The van der Waals surface area contributed by atoms with E-state index in [9.17, 15) is 0 Å². The smallest absolute Gasteiger partial charge is 0.0455 e. The summed E-state index contributed by atoms with van der Waals surface area (Å²) in [4.78, 5) is 2.15. The van der Waals surface area contributed by atoms with Gasteiger partial charge in [0, 0.05) is 22.8 Å². The maximum atomic E-state index is 6.13. The highest BCUT2D eigenvalue weighted by Crippen LogP contribution is 2.27. The van der Waals surface area contributed by atoms with E-state index >= 15 is 0 Å². The first-order valence-electron chi connectivity index (χ1n) is 6.51. The number of allylic oxidation sites excluding steroid dienone is 3. The van der Waals surface area contributed by atoms with Crippen LogP contribution in [0.1, 0.15) is 39.2 Å². The number of hydrogen-bond acceptors (Lipinski definition) is 2. The number of hydrogen-bond donors (Lipinski definition) is 1. The van der Waals surface area contributed by atoms with Gasteiger partial charge in [-0.25, -0.2) is 0 Å². The van der Waals surface area contributed by atoms with E-state index in [0.717, 1.165) is 35.6 Å². The first kappa shape index (κ1) is 14.4. The summed E-state index contributed by atoms with van der Waals surface area (Å²) in [5.74, 6) is 0. The number of aryl methyl sites for hydroxylation is 1. The van der Waals surface area contributed by atoms with Gasteiger partial charge in [-0.3, -0.25) is 0 Å². The molecule has 2 heteroatoms. The van der Waals surface area contributed by atoms with Crippen molar-refractivity contribution in [1.82, 2.24) is 0 Å². The summed E-state index contributed by atoms with van der Waals surface area (Å²) in [6.07, 6.45) is 1.76. The Hall–Kier alpha value is -1.70. The van der Waals surface area contributed by atoms with E-state index in [2.05, 4.69) is 56.5 Å². The Bertz CT molecular complexity index is 441. The van der Waals surface area contributed by atoms with Crippen molar-refractivity contribution in [3.63, 3.8) is 0 Å². The normalized spacial score (nSPS) is 12.0. The first-order chi connectivity index (χ1) is 8.51. The second kappa shape index (κ2) is 6.29. The Morgan fingerprint density at radius 1 is 1.17 bits per heavy atom. The summed E-state index contributed by atoms with van der Waals surface area (Å²) in [6.45, 7) is 12.4. The molecule has 0 bridgehead atoms. The maximum Gasteiger partial charge on any atom is 0.0455 e. The molecular formula is C16H24N2. The van der Waals surface area contributed by atoms with Crippen LogP contribution in [-0.2, 0) is 0 Å². The lowest BCUT2D eigenvalue weighted by molar-refractivity contribution is 0.897. The summed E-state index contributed by atoms with van der Waals surface area (Å²) in [5, 5.41) is 0. The van der Waals surface area contributed by atoms with E-state index in [-0.39, 0.29) is 0 Å². The van der Waals surface area contributed by atoms with Crippen LogP contribution >= 0.6 is 0 Å². The summed E-state index contributed by atoms with van der Waals surface area (Å²) < 4.78 is 0. The van der Waals surface area contributed by atoms with Crippen molar-refractivity contribution in [2.24, 2.45) is 5.73 Å². The Balaban J connectivity index is 3.26. The molecule has 2 nitrogen and oxygen atoms in total. The molecule has 0 radical (unpaired) electrons. The van der Waals surface area contributed by atoms with Crippen molar-refractivity contribution in [2.75, 3.05) is 4.90 Å². The molecule has 0 aliphatic rings. The quantitative estimate of drug-likeness (QED) is 0.835. The van der Waals surface area contributed by atoms with Crippen molar-refractivity contribution >= 4 is 5.69 Å². The number of anilines is 1. The molecule has 1 aromatic rings. The molecule has 0 fully saturated rings. The number of rotatable bonds is 5. The topological polar surface area (TPSA) is 29.3 Å². The molecule has 0 aliphatic carbocycles. The van der Waals surface area contributed by atoms with Gasteiger partial charge < -0.3 is 10.6 Å².